The number of rotatable bonds is 3. The number of hydrogen-bond acceptors (Lipinski definition) is 7. The zero-order chi connectivity index (χ0) is 22.1. The number of nitrogens with two attached hydrogens (primary N) is 1. The van der Waals surface area contributed by atoms with Crippen LogP contribution in [-0.4, -0.2) is 21.9 Å². The molecule has 0 spiro atoms. The minimum Gasteiger partial charge on any atom is -0.401 e. The first-order valence-corrected chi connectivity index (χ1v) is 8.57. The molecule has 0 saturated heterocycles. The summed E-state index contributed by atoms with van der Waals surface area (Å²) in [5, 5.41) is 9.10. The molecule has 152 valence electrons. The van der Waals surface area contributed by atoms with Crippen LogP contribution in [0.4, 0.5) is 19.0 Å². The van der Waals surface area contributed by atoms with E-state index in [1.165, 1.54) is 30.5 Å². The third-order valence-electron chi connectivity index (χ3n) is 3.86. The lowest BCUT2D eigenvalue weighted by Crippen LogP contribution is -2.21. The molecule has 0 bridgehead atoms. The molecule has 0 fully saturated rings. The number of allylic oxidation sites excluding steroid dienone is 2. The topological polar surface area (TPSA) is 118 Å². The highest BCUT2D eigenvalue weighted by atomic mass is 35.5. The van der Waals surface area contributed by atoms with E-state index in [9.17, 15) is 18.0 Å². The van der Waals surface area contributed by atoms with Crippen molar-refractivity contribution < 1.29 is 17.6 Å². The summed E-state index contributed by atoms with van der Waals surface area (Å²) in [5.74, 6) is -0.643. The van der Waals surface area contributed by atoms with Gasteiger partial charge in [0.05, 0.1) is 27.6 Å². The van der Waals surface area contributed by atoms with E-state index < -0.39 is 29.1 Å². The number of halogens is 4. The number of alkyl halides is 3. The van der Waals surface area contributed by atoms with E-state index in [2.05, 4.69) is 15.0 Å². The third kappa shape index (κ3) is 4.31. The fourth-order valence-electron chi connectivity index (χ4n) is 2.47. The normalized spacial score (nSPS) is 12.8. The van der Waals surface area contributed by atoms with E-state index >= 15 is 0 Å². The second kappa shape index (κ2) is 7.96. The molecule has 2 N–H and O–H groups in total. The Morgan fingerprint density at radius 1 is 1.40 bits per heavy atom. The highest BCUT2D eigenvalue weighted by Gasteiger charge is 2.32. The second-order valence-corrected chi connectivity index (χ2v) is 6.42. The maximum absolute atomic E-state index is 13.0. The average Bonchev–Trinajstić information content (AvgIpc) is 2.68. The van der Waals surface area contributed by atoms with Crippen molar-refractivity contribution in [1.29, 1.82) is 5.26 Å². The van der Waals surface area contributed by atoms with E-state index in [-0.39, 0.29) is 27.3 Å². The zero-order valence-corrected chi connectivity index (χ0v) is 15.9. The number of benzene rings is 1. The molecular weight excluding hydrogens is 423 g/mol. The molecule has 2 heterocycles. The predicted molar refractivity (Wildman–Crippen MR) is 104 cm³/mol. The van der Waals surface area contributed by atoms with Crippen LogP contribution in [0.1, 0.15) is 17.0 Å². The number of nitrogens with zero attached hydrogens (tertiary/aromatic N) is 4. The van der Waals surface area contributed by atoms with Crippen molar-refractivity contribution in [3.05, 3.63) is 74.7 Å². The van der Waals surface area contributed by atoms with Crippen molar-refractivity contribution >= 4 is 34.0 Å². The molecule has 0 radical (unpaired) electrons. The molecule has 0 amide bonds. The molecule has 0 atom stereocenters. The van der Waals surface area contributed by atoms with Gasteiger partial charge >= 0.3 is 11.8 Å². The first kappa shape index (κ1) is 21.0. The summed E-state index contributed by atoms with van der Waals surface area (Å²) in [6, 6.07) is 7.59. The van der Waals surface area contributed by atoms with Gasteiger partial charge in [-0.15, -0.1) is 0 Å². The maximum Gasteiger partial charge on any atom is 0.430 e. The molecule has 0 unspecified atom stereocenters. The fraction of sp³-hybridized carbons (Fsp3) is 0.105. The van der Waals surface area contributed by atoms with Gasteiger partial charge in [-0.25, -0.2) is 19.8 Å². The number of nitriles is 1. The highest BCUT2D eigenvalue weighted by molar-refractivity contribution is 6.32. The number of aromatic nitrogens is 2. The molecular formula is C19H11ClF3N5O2. The largest absolute Gasteiger partial charge is 0.430 e. The van der Waals surface area contributed by atoms with Crippen molar-refractivity contribution in [2.45, 2.75) is 13.1 Å². The van der Waals surface area contributed by atoms with Crippen LogP contribution in [0.5, 0.6) is 0 Å². The van der Waals surface area contributed by atoms with E-state index in [4.69, 9.17) is 27.0 Å². The SMILES string of the molecule is Cc1cc(C#N)cc2c(=O)oc(C(C=C(N)C(F)(F)F)=Nc3ncccc3Cl)nc12. The van der Waals surface area contributed by atoms with Gasteiger partial charge in [-0.1, -0.05) is 11.6 Å². The number of aryl methyl sites for hydroxylation is 1. The molecule has 3 rings (SSSR count). The Labute approximate surface area is 172 Å². The quantitative estimate of drug-likeness (QED) is 0.625. The van der Waals surface area contributed by atoms with Gasteiger partial charge < -0.3 is 10.2 Å². The lowest BCUT2D eigenvalue weighted by molar-refractivity contribution is -0.0925. The molecule has 0 aliphatic heterocycles. The van der Waals surface area contributed by atoms with Crippen LogP contribution < -0.4 is 11.4 Å². The summed E-state index contributed by atoms with van der Waals surface area (Å²) in [5.41, 5.74) is 3.00. The Hall–Kier alpha value is -3.71. The predicted octanol–water partition coefficient (Wildman–Crippen LogP) is 3.94. The molecule has 11 heteroatoms. The summed E-state index contributed by atoms with van der Waals surface area (Å²) in [4.78, 5) is 24.4. The van der Waals surface area contributed by atoms with Crippen LogP contribution in [0.3, 0.4) is 0 Å². The Morgan fingerprint density at radius 2 is 2.13 bits per heavy atom. The van der Waals surface area contributed by atoms with E-state index in [0.717, 1.165) is 0 Å². The molecule has 0 saturated carbocycles. The van der Waals surface area contributed by atoms with Crippen LogP contribution in [0.25, 0.3) is 10.9 Å². The Balaban J connectivity index is 2.30. The molecule has 30 heavy (non-hydrogen) atoms. The number of fused-ring (bicyclic) bond motifs is 1. The first-order valence-electron chi connectivity index (χ1n) is 8.19. The van der Waals surface area contributed by atoms with Gasteiger partial charge in [0.25, 0.3) is 0 Å². The molecule has 0 aliphatic rings. The van der Waals surface area contributed by atoms with Gasteiger partial charge in [0.1, 0.15) is 11.4 Å². The maximum atomic E-state index is 13.0. The van der Waals surface area contributed by atoms with Gasteiger partial charge in [0.15, 0.2) is 5.82 Å². The van der Waals surface area contributed by atoms with E-state index in [0.29, 0.717) is 11.6 Å². The van der Waals surface area contributed by atoms with Crippen molar-refractivity contribution in [3.63, 3.8) is 0 Å². The zero-order valence-electron chi connectivity index (χ0n) is 15.2. The molecule has 0 aliphatic carbocycles. The van der Waals surface area contributed by atoms with Crippen LogP contribution in [-0.2, 0) is 0 Å². The van der Waals surface area contributed by atoms with E-state index in [1.807, 2.05) is 6.07 Å². The average molecular weight is 434 g/mol. The third-order valence-corrected chi connectivity index (χ3v) is 4.15. The first-order chi connectivity index (χ1) is 14.1. The van der Waals surface area contributed by atoms with Gasteiger partial charge in [-0.3, -0.25) is 0 Å². The summed E-state index contributed by atoms with van der Waals surface area (Å²) in [7, 11) is 0. The van der Waals surface area contributed by atoms with Crippen molar-refractivity contribution in [2.24, 2.45) is 10.7 Å². The molecule has 1 aromatic carbocycles. The number of pyridine rings is 1. The fourth-order valence-corrected chi connectivity index (χ4v) is 2.63. The van der Waals surface area contributed by atoms with Crippen LogP contribution in [0, 0.1) is 18.3 Å². The van der Waals surface area contributed by atoms with Crippen LogP contribution in [0.15, 0.2) is 56.4 Å². The molecule has 7 nitrogen and oxygen atoms in total. The minimum atomic E-state index is -4.86. The van der Waals surface area contributed by atoms with Gasteiger partial charge in [-0.05, 0) is 42.8 Å². The number of hydrogen-bond donors (Lipinski definition) is 1. The number of aliphatic imine (C=N–C) groups is 1. The van der Waals surface area contributed by atoms with Crippen LogP contribution in [0.2, 0.25) is 5.02 Å². The summed E-state index contributed by atoms with van der Waals surface area (Å²) >= 11 is 5.98. The van der Waals surface area contributed by atoms with Gasteiger partial charge in [-0.2, -0.15) is 18.4 Å². The summed E-state index contributed by atoms with van der Waals surface area (Å²) in [6.07, 6.45) is -3.05. The van der Waals surface area contributed by atoms with Crippen molar-refractivity contribution in [3.8, 4) is 6.07 Å². The summed E-state index contributed by atoms with van der Waals surface area (Å²) in [6.45, 7) is 1.59. The Bertz CT molecular complexity index is 1310. The van der Waals surface area contributed by atoms with Gasteiger partial charge in [0, 0.05) is 6.20 Å². The van der Waals surface area contributed by atoms with E-state index in [1.54, 1.807) is 6.92 Å². The van der Waals surface area contributed by atoms with Crippen LogP contribution >= 0.6 is 11.6 Å². The summed E-state index contributed by atoms with van der Waals surface area (Å²) < 4.78 is 44.1. The molecule has 3 aromatic rings. The lowest BCUT2D eigenvalue weighted by Gasteiger charge is -2.08. The van der Waals surface area contributed by atoms with Crippen molar-refractivity contribution in [1.82, 2.24) is 9.97 Å². The molecule has 2 aromatic heterocycles. The Kier molecular flexibility index (Phi) is 5.58. The van der Waals surface area contributed by atoms with Crippen molar-refractivity contribution in [2.75, 3.05) is 0 Å². The van der Waals surface area contributed by atoms with Gasteiger partial charge in [0.2, 0.25) is 5.89 Å². The highest BCUT2D eigenvalue weighted by Crippen LogP contribution is 2.25. The standard InChI is InChI=1S/C19H11ClF3N5O2/c1-9-5-10(8-24)6-11-15(9)28-17(30-18(11)29)13(7-14(25)19(21,22)23)27-16-12(20)3-2-4-26-16/h2-7H,25H2,1H3. The second-order valence-electron chi connectivity index (χ2n) is 6.01. The Morgan fingerprint density at radius 3 is 2.77 bits per heavy atom. The minimum absolute atomic E-state index is 0.00158. The lowest BCUT2D eigenvalue weighted by atomic mass is 10.1. The smallest absolute Gasteiger partial charge is 0.401 e. The monoisotopic (exact) mass is 433 g/mol.